The van der Waals surface area contributed by atoms with Gasteiger partial charge in [-0.2, -0.15) is 4.58 Å². The van der Waals surface area contributed by atoms with Crippen LogP contribution in [0.5, 0.6) is 0 Å². The molecule has 2 N–H and O–H groups in total. The number of fused-ring (bicyclic) bond motifs is 2. The second-order valence-electron chi connectivity index (χ2n) is 12.4. The number of anilines is 1. The number of allylic oxidation sites excluding steroid dienone is 8. The lowest BCUT2D eigenvalue weighted by atomic mass is 9.81. The van der Waals surface area contributed by atoms with Crippen LogP contribution < -0.4 is 10.6 Å². The van der Waals surface area contributed by atoms with Crippen LogP contribution in [0, 0.1) is 0 Å². The van der Waals surface area contributed by atoms with Gasteiger partial charge in [0.15, 0.2) is 5.71 Å². The van der Waals surface area contributed by atoms with E-state index in [0.29, 0.717) is 6.54 Å². The Kier molecular flexibility index (Phi) is 8.27. The summed E-state index contributed by atoms with van der Waals surface area (Å²) in [6, 6.07) is 17.6. The van der Waals surface area contributed by atoms with E-state index in [2.05, 4.69) is 117 Å². The van der Waals surface area contributed by atoms with Crippen LogP contribution in [-0.2, 0) is 10.8 Å². The Labute approximate surface area is 246 Å². The van der Waals surface area contributed by atoms with Gasteiger partial charge in [-0.1, -0.05) is 80.9 Å². The van der Waals surface area contributed by atoms with Crippen molar-refractivity contribution >= 4 is 28.7 Å². The molecule has 0 bridgehead atoms. The van der Waals surface area contributed by atoms with Gasteiger partial charge >= 0.3 is 0 Å². The van der Waals surface area contributed by atoms with E-state index in [1.54, 1.807) is 0 Å². The molecule has 0 radical (unpaired) electrons. The van der Waals surface area contributed by atoms with Gasteiger partial charge in [0, 0.05) is 52.5 Å². The van der Waals surface area contributed by atoms with Gasteiger partial charge in [-0.25, -0.2) is 0 Å². The largest absolute Gasteiger partial charge is 0.344 e. The second-order valence-corrected chi connectivity index (χ2v) is 12.8. The zero-order chi connectivity index (χ0) is 28.5. The monoisotopic (exact) mass is 554 g/mol. The van der Waals surface area contributed by atoms with E-state index in [4.69, 9.17) is 17.3 Å². The van der Waals surface area contributed by atoms with Crippen molar-refractivity contribution in [3.63, 3.8) is 0 Å². The topological polar surface area (TPSA) is 32.3 Å². The minimum atomic E-state index is -0.0712. The van der Waals surface area contributed by atoms with Crippen molar-refractivity contribution in [2.75, 3.05) is 24.5 Å². The van der Waals surface area contributed by atoms with E-state index in [1.165, 1.54) is 45.1 Å². The predicted molar refractivity (Wildman–Crippen MR) is 172 cm³/mol. The van der Waals surface area contributed by atoms with E-state index in [1.807, 2.05) is 0 Å². The number of para-hydroxylation sites is 2. The second kappa shape index (κ2) is 11.5. The first-order valence-electron chi connectivity index (χ1n) is 15.0. The first-order chi connectivity index (χ1) is 19.2. The number of halogens is 1. The van der Waals surface area contributed by atoms with Gasteiger partial charge in [-0.15, -0.1) is 0 Å². The Hall–Kier alpha value is -2.88. The minimum Gasteiger partial charge on any atom is -0.344 e. The van der Waals surface area contributed by atoms with Crippen LogP contribution in [0.1, 0.15) is 77.8 Å². The average Bonchev–Trinajstić information content (AvgIpc) is 3.29. The lowest BCUT2D eigenvalue weighted by Gasteiger charge is -2.27. The van der Waals surface area contributed by atoms with Crippen LogP contribution in [0.15, 0.2) is 94.7 Å². The highest BCUT2D eigenvalue weighted by atomic mass is 35.5. The van der Waals surface area contributed by atoms with E-state index in [9.17, 15) is 0 Å². The fraction of sp³-hybridized carbons (Fsp3) is 0.417. The maximum Gasteiger partial charge on any atom is 0.209 e. The first kappa shape index (κ1) is 28.6. The summed E-state index contributed by atoms with van der Waals surface area (Å²) in [6.07, 6.45) is 14.4. The van der Waals surface area contributed by atoms with E-state index in [-0.39, 0.29) is 10.8 Å². The fourth-order valence-electron chi connectivity index (χ4n) is 6.80. The third-order valence-corrected chi connectivity index (χ3v) is 9.46. The van der Waals surface area contributed by atoms with Gasteiger partial charge in [0.25, 0.3) is 0 Å². The molecule has 4 heteroatoms. The maximum atomic E-state index is 7.14. The number of nitrogens with zero attached hydrogens (tertiary/aromatic N) is 2. The highest BCUT2D eigenvalue weighted by Crippen LogP contribution is 2.48. The lowest BCUT2D eigenvalue weighted by Crippen LogP contribution is -2.28. The molecule has 2 heterocycles. The Morgan fingerprint density at radius 1 is 0.925 bits per heavy atom. The molecule has 0 fully saturated rings. The molecular weight excluding hydrogens is 510 g/mol. The summed E-state index contributed by atoms with van der Waals surface area (Å²) in [5.74, 6) is 0. The van der Waals surface area contributed by atoms with E-state index >= 15 is 0 Å². The normalized spacial score (nSPS) is 21.7. The Morgan fingerprint density at radius 2 is 1.65 bits per heavy atom. The van der Waals surface area contributed by atoms with Crippen LogP contribution in [0.4, 0.5) is 11.4 Å². The molecule has 210 valence electrons. The van der Waals surface area contributed by atoms with Gasteiger partial charge in [-0.05, 0) is 74.9 Å². The lowest BCUT2D eigenvalue weighted by molar-refractivity contribution is -0.437. The standard InChI is InChI=1S/C36H45ClN3/c1-6-24-39-30-17-9-7-15-28(30)35(2,3)32(39)21-19-26-13-11-14-27(34(26)37)20-22-33-36(4,5)29-16-8-10-18-31(29)40(33)25-12-23-38/h7-10,15-22H,6,11-14,23-25,38H2,1-5H3/q+1. The van der Waals surface area contributed by atoms with Crippen LogP contribution in [0.3, 0.4) is 0 Å². The highest BCUT2D eigenvalue weighted by Gasteiger charge is 2.44. The summed E-state index contributed by atoms with van der Waals surface area (Å²) in [6.45, 7) is 14.2. The van der Waals surface area contributed by atoms with Crippen molar-refractivity contribution in [1.82, 2.24) is 0 Å². The Balaban J connectivity index is 1.48. The molecule has 0 saturated heterocycles. The third-order valence-electron chi connectivity index (χ3n) is 8.97. The number of rotatable bonds is 8. The van der Waals surface area contributed by atoms with Crippen molar-refractivity contribution in [1.29, 1.82) is 0 Å². The fourth-order valence-corrected chi connectivity index (χ4v) is 7.12. The Bertz CT molecular complexity index is 1430. The van der Waals surface area contributed by atoms with Crippen LogP contribution in [0.25, 0.3) is 0 Å². The average molecular weight is 555 g/mol. The number of hydrogen-bond donors (Lipinski definition) is 1. The summed E-state index contributed by atoms with van der Waals surface area (Å²) in [7, 11) is 0. The van der Waals surface area contributed by atoms with Crippen molar-refractivity contribution in [2.24, 2.45) is 5.73 Å². The van der Waals surface area contributed by atoms with Crippen molar-refractivity contribution in [3.05, 3.63) is 106 Å². The van der Waals surface area contributed by atoms with E-state index in [0.717, 1.165) is 50.2 Å². The van der Waals surface area contributed by atoms with Gasteiger partial charge < -0.3 is 10.6 Å². The van der Waals surface area contributed by atoms with Crippen LogP contribution in [-0.4, -0.2) is 29.9 Å². The molecule has 3 nitrogen and oxygen atoms in total. The van der Waals surface area contributed by atoms with Crippen molar-refractivity contribution < 1.29 is 4.58 Å². The molecule has 3 aliphatic rings. The van der Waals surface area contributed by atoms with E-state index < -0.39 is 0 Å². The third kappa shape index (κ3) is 5.03. The zero-order valence-corrected chi connectivity index (χ0v) is 25.7. The van der Waals surface area contributed by atoms with Gasteiger partial charge in [0.05, 0.1) is 5.41 Å². The quantitative estimate of drug-likeness (QED) is 0.331. The smallest absolute Gasteiger partial charge is 0.209 e. The van der Waals surface area contributed by atoms with Crippen LogP contribution in [0.2, 0.25) is 0 Å². The van der Waals surface area contributed by atoms with Gasteiger partial charge in [-0.3, -0.25) is 0 Å². The number of benzene rings is 2. The highest BCUT2D eigenvalue weighted by molar-refractivity contribution is 6.32. The van der Waals surface area contributed by atoms with Crippen molar-refractivity contribution in [2.45, 2.75) is 77.6 Å². The molecule has 0 spiro atoms. The number of nitrogens with two attached hydrogens (primary N) is 1. The maximum absolute atomic E-state index is 7.14. The molecule has 0 atom stereocenters. The van der Waals surface area contributed by atoms with Gasteiger partial charge in [0.1, 0.15) is 6.54 Å². The molecule has 40 heavy (non-hydrogen) atoms. The summed E-state index contributed by atoms with van der Waals surface area (Å²) < 4.78 is 2.50. The SMILES string of the molecule is CCC[N+]1=C(C=CC2=C(Cl)C(=CC=C3N(CCCN)c4ccccc4C3(C)C)CCC2)C(C)(C)c2ccccc21. The molecule has 2 aromatic carbocycles. The molecule has 2 aliphatic heterocycles. The molecule has 0 aromatic heterocycles. The predicted octanol–water partition coefficient (Wildman–Crippen LogP) is 8.66. The molecule has 1 aliphatic carbocycles. The minimum absolute atomic E-state index is 0.0386. The summed E-state index contributed by atoms with van der Waals surface area (Å²) in [5.41, 5.74) is 16.4. The zero-order valence-electron chi connectivity index (χ0n) is 24.9. The summed E-state index contributed by atoms with van der Waals surface area (Å²) in [4.78, 5) is 2.46. The summed E-state index contributed by atoms with van der Waals surface area (Å²) in [5, 5.41) is 0.914. The molecule has 0 saturated carbocycles. The van der Waals surface area contributed by atoms with Crippen molar-refractivity contribution in [3.8, 4) is 0 Å². The molecular formula is C36H45ClN3+. The molecule has 2 aromatic rings. The van der Waals surface area contributed by atoms with Gasteiger partial charge in [0.2, 0.25) is 5.69 Å². The molecule has 0 amide bonds. The van der Waals surface area contributed by atoms with Crippen LogP contribution >= 0.6 is 11.6 Å². The summed E-state index contributed by atoms with van der Waals surface area (Å²) >= 11 is 7.14. The molecule has 0 unspecified atom stereocenters. The molecule has 5 rings (SSSR count). The Morgan fingerprint density at radius 3 is 2.40 bits per heavy atom. The first-order valence-corrected chi connectivity index (χ1v) is 15.4. The number of hydrogen-bond acceptors (Lipinski definition) is 2.